The monoisotopic (exact) mass is 483 g/mol. The van der Waals surface area contributed by atoms with Crippen LogP contribution in [-0.2, 0) is 17.8 Å². The number of halogens is 2. The molecular formula is C23H23ClFN7O2. The number of rotatable bonds is 3. The van der Waals surface area contributed by atoms with Crippen LogP contribution in [0.1, 0.15) is 18.3 Å². The SMILES string of the molecule is CCOC(=O)N1Cc2cc(Cl)ccc2-n2c(nnc2N2CC3(CN(c4ccc(F)cn4)C3)C2)C1. The second-order valence-electron chi connectivity index (χ2n) is 9.13. The summed E-state index contributed by atoms with van der Waals surface area (Å²) in [5.41, 5.74) is 1.98. The molecular weight excluding hydrogens is 461 g/mol. The highest BCUT2D eigenvalue weighted by molar-refractivity contribution is 6.30. The van der Waals surface area contributed by atoms with Gasteiger partial charge in [0.25, 0.3) is 0 Å². The highest BCUT2D eigenvalue weighted by Gasteiger charge is 2.53. The molecule has 6 rings (SSSR count). The number of hydrogen-bond acceptors (Lipinski definition) is 7. The lowest BCUT2D eigenvalue weighted by atomic mass is 9.73. The Balaban J connectivity index is 1.24. The summed E-state index contributed by atoms with van der Waals surface area (Å²) in [6.45, 7) is 6.17. The summed E-state index contributed by atoms with van der Waals surface area (Å²) < 4.78 is 20.4. The lowest BCUT2D eigenvalue weighted by molar-refractivity contribution is 0.101. The lowest BCUT2D eigenvalue weighted by Gasteiger charge is -2.60. The van der Waals surface area contributed by atoms with Crippen LogP contribution in [0.2, 0.25) is 5.02 Å². The molecule has 1 amide bonds. The van der Waals surface area contributed by atoms with Gasteiger partial charge in [-0.25, -0.2) is 14.2 Å². The maximum atomic E-state index is 13.2. The van der Waals surface area contributed by atoms with E-state index in [1.807, 2.05) is 22.8 Å². The summed E-state index contributed by atoms with van der Waals surface area (Å²) in [6, 6.07) is 8.82. The van der Waals surface area contributed by atoms with Crippen molar-refractivity contribution in [3.63, 3.8) is 0 Å². The van der Waals surface area contributed by atoms with Crippen LogP contribution in [0, 0.1) is 11.2 Å². The van der Waals surface area contributed by atoms with Crippen LogP contribution >= 0.6 is 11.6 Å². The first kappa shape index (κ1) is 21.2. The quantitative estimate of drug-likeness (QED) is 0.565. The molecule has 3 aliphatic rings. The van der Waals surface area contributed by atoms with Gasteiger partial charge in [0.15, 0.2) is 5.82 Å². The fourth-order valence-electron chi connectivity index (χ4n) is 5.12. The average Bonchev–Trinajstić information content (AvgIpc) is 3.08. The molecule has 176 valence electrons. The Bertz CT molecular complexity index is 1250. The van der Waals surface area contributed by atoms with E-state index in [9.17, 15) is 9.18 Å². The molecule has 1 spiro atoms. The van der Waals surface area contributed by atoms with Crippen molar-refractivity contribution in [2.45, 2.75) is 20.0 Å². The van der Waals surface area contributed by atoms with Gasteiger partial charge in [-0.15, -0.1) is 10.2 Å². The second-order valence-corrected chi connectivity index (χ2v) is 9.56. The van der Waals surface area contributed by atoms with Crippen molar-refractivity contribution in [2.75, 3.05) is 42.6 Å². The van der Waals surface area contributed by atoms with Crippen LogP contribution in [0.15, 0.2) is 36.5 Å². The maximum Gasteiger partial charge on any atom is 0.410 e. The molecule has 0 aliphatic carbocycles. The number of ether oxygens (including phenoxy) is 1. The van der Waals surface area contributed by atoms with Crippen LogP contribution in [0.4, 0.5) is 21.0 Å². The van der Waals surface area contributed by atoms with Crippen molar-refractivity contribution in [3.8, 4) is 5.69 Å². The number of fused-ring (bicyclic) bond motifs is 3. The first-order valence-electron chi connectivity index (χ1n) is 11.2. The van der Waals surface area contributed by atoms with E-state index in [4.69, 9.17) is 16.3 Å². The zero-order valence-electron chi connectivity index (χ0n) is 18.6. The molecule has 9 nitrogen and oxygen atoms in total. The van der Waals surface area contributed by atoms with Crippen molar-refractivity contribution < 1.29 is 13.9 Å². The third-order valence-corrected chi connectivity index (χ3v) is 6.87. The maximum absolute atomic E-state index is 13.2. The van der Waals surface area contributed by atoms with E-state index in [2.05, 4.69) is 25.0 Å². The number of carbonyl (C=O) groups is 1. The topological polar surface area (TPSA) is 79.6 Å². The van der Waals surface area contributed by atoms with Gasteiger partial charge in [-0.1, -0.05) is 11.6 Å². The van der Waals surface area contributed by atoms with Gasteiger partial charge in [-0.05, 0) is 42.8 Å². The molecule has 0 atom stereocenters. The molecule has 3 aromatic rings. The minimum Gasteiger partial charge on any atom is -0.450 e. The van der Waals surface area contributed by atoms with Gasteiger partial charge in [0.1, 0.15) is 11.6 Å². The van der Waals surface area contributed by atoms with Gasteiger partial charge < -0.3 is 14.5 Å². The molecule has 1 aromatic carbocycles. The van der Waals surface area contributed by atoms with Gasteiger partial charge in [0.05, 0.1) is 31.6 Å². The van der Waals surface area contributed by atoms with E-state index in [1.54, 1.807) is 17.9 Å². The summed E-state index contributed by atoms with van der Waals surface area (Å²) in [6.07, 6.45) is 0.862. The smallest absolute Gasteiger partial charge is 0.410 e. The number of nitrogens with zero attached hydrogens (tertiary/aromatic N) is 7. The summed E-state index contributed by atoms with van der Waals surface area (Å²) >= 11 is 6.28. The van der Waals surface area contributed by atoms with Crippen LogP contribution in [0.5, 0.6) is 0 Å². The Labute approximate surface area is 200 Å². The molecule has 2 saturated heterocycles. The van der Waals surface area contributed by atoms with E-state index < -0.39 is 6.09 Å². The number of benzene rings is 1. The number of carbonyl (C=O) groups excluding carboxylic acids is 1. The van der Waals surface area contributed by atoms with Crippen molar-refractivity contribution >= 4 is 29.5 Å². The van der Waals surface area contributed by atoms with Crippen molar-refractivity contribution in [1.29, 1.82) is 0 Å². The number of aromatic nitrogens is 4. The van der Waals surface area contributed by atoms with Crippen LogP contribution in [-0.4, -0.2) is 63.5 Å². The minimum atomic E-state index is -0.390. The van der Waals surface area contributed by atoms with Crippen molar-refractivity contribution in [2.24, 2.45) is 5.41 Å². The zero-order chi connectivity index (χ0) is 23.4. The number of amides is 1. The van der Waals surface area contributed by atoms with Gasteiger partial charge in [0, 0.05) is 36.6 Å². The minimum absolute atomic E-state index is 0.160. The molecule has 3 aliphatic heterocycles. The Hall–Kier alpha value is -3.40. The Kier molecular flexibility index (Phi) is 4.87. The first-order chi connectivity index (χ1) is 16.4. The number of hydrogen-bond donors (Lipinski definition) is 0. The summed E-state index contributed by atoms with van der Waals surface area (Å²) in [5, 5.41) is 9.53. The highest BCUT2D eigenvalue weighted by Crippen LogP contribution is 2.44. The molecule has 0 N–H and O–H groups in total. The van der Waals surface area contributed by atoms with E-state index >= 15 is 0 Å². The van der Waals surface area contributed by atoms with Crippen LogP contribution in [0.25, 0.3) is 5.69 Å². The Morgan fingerprint density at radius 3 is 2.65 bits per heavy atom. The van der Waals surface area contributed by atoms with Gasteiger partial charge in [-0.2, -0.15) is 0 Å². The molecule has 2 aromatic heterocycles. The van der Waals surface area contributed by atoms with Crippen LogP contribution < -0.4 is 9.80 Å². The fraction of sp³-hybridized carbons (Fsp3) is 0.391. The van der Waals surface area contributed by atoms with E-state index in [-0.39, 0.29) is 11.2 Å². The first-order valence-corrected chi connectivity index (χ1v) is 11.6. The fourth-order valence-corrected chi connectivity index (χ4v) is 5.32. The molecule has 0 unspecified atom stereocenters. The summed E-state index contributed by atoms with van der Waals surface area (Å²) in [4.78, 5) is 22.7. The predicted octanol–water partition coefficient (Wildman–Crippen LogP) is 3.25. The zero-order valence-corrected chi connectivity index (χ0v) is 19.4. The second kappa shape index (κ2) is 7.83. The molecule has 0 saturated carbocycles. The largest absolute Gasteiger partial charge is 0.450 e. The Morgan fingerprint density at radius 1 is 1.12 bits per heavy atom. The summed E-state index contributed by atoms with van der Waals surface area (Å²) in [7, 11) is 0. The molecule has 11 heteroatoms. The summed E-state index contributed by atoms with van der Waals surface area (Å²) in [5.74, 6) is 1.90. The van der Waals surface area contributed by atoms with E-state index in [1.165, 1.54) is 12.3 Å². The molecule has 2 fully saturated rings. The van der Waals surface area contributed by atoms with Crippen molar-refractivity contribution in [1.82, 2.24) is 24.6 Å². The van der Waals surface area contributed by atoms with Crippen LogP contribution in [0.3, 0.4) is 0 Å². The predicted molar refractivity (Wildman–Crippen MR) is 124 cm³/mol. The number of anilines is 2. The number of pyridine rings is 1. The third kappa shape index (κ3) is 3.44. The van der Waals surface area contributed by atoms with Crippen molar-refractivity contribution in [3.05, 3.63) is 58.8 Å². The normalized spacial score (nSPS) is 18.0. The van der Waals surface area contributed by atoms with Gasteiger partial charge in [0.2, 0.25) is 5.95 Å². The molecule has 5 heterocycles. The standard InChI is InChI=1S/C23H23ClFN7O2/c1-2-34-22(33)29-9-15-7-16(24)3-5-18(15)32-20(10-29)27-28-21(32)31-13-23(14-31)11-30(12-23)19-6-4-17(25)8-26-19/h3-8H,2,9-14H2,1H3. The lowest BCUT2D eigenvalue weighted by Crippen LogP contribution is -2.73. The van der Waals surface area contributed by atoms with Gasteiger partial charge >= 0.3 is 6.09 Å². The van der Waals surface area contributed by atoms with Gasteiger partial charge in [-0.3, -0.25) is 9.47 Å². The third-order valence-electron chi connectivity index (χ3n) is 6.64. The highest BCUT2D eigenvalue weighted by atomic mass is 35.5. The molecule has 0 bridgehead atoms. The average molecular weight is 484 g/mol. The Morgan fingerprint density at radius 2 is 1.91 bits per heavy atom. The van der Waals surface area contributed by atoms with E-state index in [0.29, 0.717) is 30.5 Å². The molecule has 0 radical (unpaired) electrons. The van der Waals surface area contributed by atoms with E-state index in [0.717, 1.165) is 49.2 Å². The molecule has 34 heavy (non-hydrogen) atoms.